The van der Waals surface area contributed by atoms with Gasteiger partial charge in [0.1, 0.15) is 0 Å². The zero-order valence-corrected chi connectivity index (χ0v) is 11.8. The number of anilines is 2. The molecular weight excluding hydrogens is 298 g/mol. The summed E-state index contributed by atoms with van der Waals surface area (Å²) in [6, 6.07) is 1.63. The van der Waals surface area contributed by atoms with Crippen LogP contribution in [0.1, 0.15) is 26.7 Å². The molecule has 1 saturated heterocycles. The molecule has 1 aromatic rings. The van der Waals surface area contributed by atoms with E-state index in [4.69, 9.17) is 5.73 Å². The SMILES string of the molecule is CC1(C)CC(=O)N(c2ncc(N)cc2Br)C(=O)C1. The number of nitrogens with two attached hydrogens (primary N) is 1. The smallest absolute Gasteiger partial charge is 0.235 e. The zero-order valence-electron chi connectivity index (χ0n) is 10.2. The lowest BCUT2D eigenvalue weighted by Gasteiger charge is -2.34. The van der Waals surface area contributed by atoms with Crippen LogP contribution in [-0.2, 0) is 9.59 Å². The van der Waals surface area contributed by atoms with E-state index in [1.165, 1.54) is 6.20 Å². The summed E-state index contributed by atoms with van der Waals surface area (Å²) in [6.07, 6.45) is 2.09. The number of carbonyl (C=O) groups is 2. The van der Waals surface area contributed by atoms with Crippen LogP contribution in [0.15, 0.2) is 16.7 Å². The minimum absolute atomic E-state index is 0.228. The first-order valence-corrected chi connectivity index (χ1v) is 6.36. The Bertz CT molecular complexity index is 508. The van der Waals surface area contributed by atoms with Crippen molar-refractivity contribution in [2.45, 2.75) is 26.7 Å². The number of hydrogen-bond acceptors (Lipinski definition) is 4. The van der Waals surface area contributed by atoms with Gasteiger partial charge in [-0.25, -0.2) is 9.88 Å². The number of nitrogen functional groups attached to an aromatic ring is 1. The number of hydrogen-bond donors (Lipinski definition) is 1. The number of piperidine rings is 1. The molecule has 2 heterocycles. The topological polar surface area (TPSA) is 76.3 Å². The lowest BCUT2D eigenvalue weighted by atomic mass is 9.82. The highest BCUT2D eigenvalue weighted by atomic mass is 79.9. The monoisotopic (exact) mass is 311 g/mol. The van der Waals surface area contributed by atoms with Gasteiger partial charge in [-0.3, -0.25) is 9.59 Å². The molecular formula is C12H14BrN3O2. The quantitative estimate of drug-likeness (QED) is 0.806. The number of nitrogens with zero attached hydrogens (tertiary/aromatic N) is 2. The number of rotatable bonds is 1. The highest BCUT2D eigenvalue weighted by Gasteiger charge is 2.39. The van der Waals surface area contributed by atoms with Gasteiger partial charge in [-0.1, -0.05) is 13.8 Å². The van der Waals surface area contributed by atoms with E-state index in [2.05, 4.69) is 20.9 Å². The number of halogens is 1. The van der Waals surface area contributed by atoms with E-state index in [9.17, 15) is 9.59 Å². The molecule has 0 bridgehead atoms. The lowest BCUT2D eigenvalue weighted by Crippen LogP contribution is -2.46. The zero-order chi connectivity index (χ0) is 13.5. The predicted octanol–water partition coefficient (Wildman–Crippen LogP) is 2.11. The van der Waals surface area contributed by atoms with Crippen molar-refractivity contribution >= 4 is 39.2 Å². The molecule has 0 aromatic carbocycles. The van der Waals surface area contributed by atoms with Gasteiger partial charge >= 0.3 is 0 Å². The molecule has 1 aliphatic heterocycles. The maximum Gasteiger partial charge on any atom is 0.235 e. The second-order valence-electron chi connectivity index (χ2n) is 5.21. The van der Waals surface area contributed by atoms with Gasteiger partial charge in [-0.15, -0.1) is 0 Å². The highest BCUT2D eigenvalue weighted by Crippen LogP contribution is 2.35. The Morgan fingerprint density at radius 2 is 1.89 bits per heavy atom. The molecule has 0 saturated carbocycles. The van der Waals surface area contributed by atoms with E-state index >= 15 is 0 Å². The summed E-state index contributed by atoms with van der Waals surface area (Å²) in [6.45, 7) is 3.82. The molecule has 2 N–H and O–H groups in total. The van der Waals surface area contributed by atoms with E-state index in [-0.39, 0.29) is 17.2 Å². The lowest BCUT2D eigenvalue weighted by molar-refractivity contribution is -0.132. The summed E-state index contributed by atoms with van der Waals surface area (Å²) >= 11 is 3.28. The molecule has 2 rings (SSSR count). The number of pyridine rings is 1. The minimum Gasteiger partial charge on any atom is -0.397 e. The maximum absolute atomic E-state index is 12.1. The van der Waals surface area contributed by atoms with E-state index in [0.717, 1.165) is 4.90 Å². The average molecular weight is 312 g/mol. The van der Waals surface area contributed by atoms with E-state index < -0.39 is 0 Å². The molecule has 0 atom stereocenters. The summed E-state index contributed by atoms with van der Waals surface area (Å²) < 4.78 is 0.545. The van der Waals surface area contributed by atoms with Gasteiger partial charge in [0.2, 0.25) is 11.8 Å². The van der Waals surface area contributed by atoms with Crippen LogP contribution in [0, 0.1) is 5.41 Å². The van der Waals surface area contributed by atoms with Crippen molar-refractivity contribution < 1.29 is 9.59 Å². The van der Waals surface area contributed by atoms with Crippen molar-refractivity contribution in [2.75, 3.05) is 10.6 Å². The van der Waals surface area contributed by atoms with Crippen LogP contribution in [0.3, 0.4) is 0 Å². The number of aromatic nitrogens is 1. The largest absolute Gasteiger partial charge is 0.397 e. The molecule has 18 heavy (non-hydrogen) atoms. The Morgan fingerprint density at radius 1 is 1.33 bits per heavy atom. The van der Waals surface area contributed by atoms with Crippen molar-refractivity contribution in [3.05, 3.63) is 16.7 Å². The molecule has 96 valence electrons. The summed E-state index contributed by atoms with van der Waals surface area (Å²) in [4.78, 5) is 29.3. The Morgan fingerprint density at radius 3 is 2.39 bits per heavy atom. The van der Waals surface area contributed by atoms with Crippen molar-refractivity contribution in [3.8, 4) is 0 Å². The number of imide groups is 1. The first kappa shape index (κ1) is 13.0. The molecule has 0 radical (unpaired) electrons. The van der Waals surface area contributed by atoms with Crippen LogP contribution in [0.2, 0.25) is 0 Å². The van der Waals surface area contributed by atoms with Gasteiger partial charge in [0.25, 0.3) is 0 Å². The second-order valence-corrected chi connectivity index (χ2v) is 6.07. The minimum atomic E-state index is -0.287. The van der Waals surface area contributed by atoms with E-state index in [1.807, 2.05) is 13.8 Å². The summed E-state index contributed by atoms with van der Waals surface area (Å²) in [5, 5.41) is 0. The molecule has 5 nitrogen and oxygen atoms in total. The molecule has 0 spiro atoms. The Hall–Kier alpha value is -1.43. The van der Waals surface area contributed by atoms with Gasteiger partial charge in [-0.2, -0.15) is 0 Å². The molecule has 1 aliphatic rings. The van der Waals surface area contributed by atoms with Gasteiger partial charge in [0, 0.05) is 12.8 Å². The van der Waals surface area contributed by atoms with E-state index in [1.54, 1.807) is 6.07 Å². The average Bonchev–Trinajstić information content (AvgIpc) is 2.18. The molecule has 2 amide bonds. The standard InChI is InChI=1S/C12H14BrN3O2/c1-12(2)4-9(17)16(10(18)5-12)11-8(13)3-7(14)6-15-11/h3,6H,4-5,14H2,1-2H3. The highest BCUT2D eigenvalue weighted by molar-refractivity contribution is 9.10. The molecule has 0 aliphatic carbocycles. The summed E-state index contributed by atoms with van der Waals surface area (Å²) in [5.41, 5.74) is 5.78. The van der Waals surface area contributed by atoms with Gasteiger partial charge in [0.05, 0.1) is 16.4 Å². The van der Waals surface area contributed by atoms with Crippen LogP contribution in [-0.4, -0.2) is 16.8 Å². The van der Waals surface area contributed by atoms with Gasteiger partial charge < -0.3 is 5.73 Å². The fraction of sp³-hybridized carbons (Fsp3) is 0.417. The Labute approximate surface area is 113 Å². The third-order valence-electron chi connectivity index (χ3n) is 2.81. The number of amides is 2. The summed E-state index contributed by atoms with van der Waals surface area (Å²) in [7, 11) is 0. The molecule has 1 aromatic heterocycles. The van der Waals surface area contributed by atoms with Gasteiger partial charge in [-0.05, 0) is 27.4 Å². The third kappa shape index (κ3) is 2.38. The first-order chi connectivity index (χ1) is 8.30. The van der Waals surface area contributed by atoms with Crippen molar-refractivity contribution in [3.63, 3.8) is 0 Å². The Kier molecular flexibility index (Phi) is 3.14. The normalized spacial score (nSPS) is 19.2. The van der Waals surface area contributed by atoms with Crippen LogP contribution in [0.5, 0.6) is 0 Å². The Balaban J connectivity index is 2.39. The first-order valence-electron chi connectivity index (χ1n) is 5.57. The van der Waals surface area contributed by atoms with Crippen molar-refractivity contribution in [1.82, 2.24) is 4.98 Å². The van der Waals surface area contributed by atoms with Gasteiger partial charge in [0.15, 0.2) is 5.82 Å². The van der Waals surface area contributed by atoms with E-state index in [0.29, 0.717) is 28.8 Å². The fourth-order valence-corrected chi connectivity index (χ4v) is 2.57. The van der Waals surface area contributed by atoms with Crippen molar-refractivity contribution in [1.29, 1.82) is 0 Å². The molecule has 6 heteroatoms. The van der Waals surface area contributed by atoms with Crippen LogP contribution in [0.4, 0.5) is 11.5 Å². The molecule has 0 unspecified atom stereocenters. The van der Waals surface area contributed by atoms with Crippen molar-refractivity contribution in [2.24, 2.45) is 5.41 Å². The fourth-order valence-electron chi connectivity index (χ4n) is 2.02. The van der Waals surface area contributed by atoms with Crippen LogP contribution < -0.4 is 10.6 Å². The second kappa shape index (κ2) is 4.35. The number of carbonyl (C=O) groups excluding carboxylic acids is 2. The third-order valence-corrected chi connectivity index (χ3v) is 3.40. The van der Waals surface area contributed by atoms with Crippen LogP contribution >= 0.6 is 15.9 Å². The predicted molar refractivity (Wildman–Crippen MR) is 71.9 cm³/mol. The molecule has 1 fully saturated rings. The van der Waals surface area contributed by atoms with Crippen LogP contribution in [0.25, 0.3) is 0 Å². The summed E-state index contributed by atoms with van der Waals surface area (Å²) in [5.74, 6) is -0.141. The maximum atomic E-state index is 12.1.